The highest BCUT2D eigenvalue weighted by atomic mass is 16.4. The van der Waals surface area contributed by atoms with Gasteiger partial charge in [0.25, 0.3) is 0 Å². The van der Waals surface area contributed by atoms with E-state index in [0.717, 1.165) is 50.6 Å². The first-order valence-corrected chi connectivity index (χ1v) is 7.29. The van der Waals surface area contributed by atoms with Crippen LogP contribution in [0, 0.1) is 6.92 Å². The number of carboxylic acids is 1. The van der Waals surface area contributed by atoms with Crippen LogP contribution in [0.5, 0.6) is 0 Å². The molecule has 2 heterocycles. The number of aryl methyl sites for hydroxylation is 1. The van der Waals surface area contributed by atoms with E-state index in [0.29, 0.717) is 0 Å². The van der Waals surface area contributed by atoms with Gasteiger partial charge in [0.1, 0.15) is 5.82 Å². The number of rotatable bonds is 5. The number of anilines is 1. The van der Waals surface area contributed by atoms with Crippen LogP contribution >= 0.6 is 0 Å². The van der Waals surface area contributed by atoms with Gasteiger partial charge in [-0.1, -0.05) is 0 Å². The first-order chi connectivity index (χ1) is 9.97. The predicted molar refractivity (Wildman–Crippen MR) is 83.1 cm³/mol. The lowest BCUT2D eigenvalue weighted by Gasteiger charge is -2.36. The van der Waals surface area contributed by atoms with Gasteiger partial charge < -0.3 is 14.9 Å². The minimum Gasteiger partial charge on any atom is -0.478 e. The molecule has 21 heavy (non-hydrogen) atoms. The number of aromatic nitrogens is 1. The Labute approximate surface area is 126 Å². The summed E-state index contributed by atoms with van der Waals surface area (Å²) in [6, 6.07) is 1.70. The van der Waals surface area contributed by atoms with E-state index in [-0.39, 0.29) is 5.56 Å². The lowest BCUT2D eigenvalue weighted by atomic mass is 10.2. The van der Waals surface area contributed by atoms with Crippen molar-refractivity contribution in [2.75, 3.05) is 58.3 Å². The molecule has 1 saturated heterocycles. The quantitative estimate of drug-likeness (QED) is 0.865. The van der Waals surface area contributed by atoms with Gasteiger partial charge in [-0.05, 0) is 32.6 Å². The summed E-state index contributed by atoms with van der Waals surface area (Å²) in [6.45, 7) is 8.01. The number of hydrogen-bond acceptors (Lipinski definition) is 5. The molecule has 1 N–H and O–H groups in total. The Morgan fingerprint density at radius 3 is 2.52 bits per heavy atom. The Kier molecular flexibility index (Phi) is 5.14. The highest BCUT2D eigenvalue weighted by Crippen LogP contribution is 2.19. The summed E-state index contributed by atoms with van der Waals surface area (Å²) in [5.74, 6) is -0.0158. The van der Waals surface area contributed by atoms with E-state index in [9.17, 15) is 4.79 Å². The maximum Gasteiger partial charge on any atom is 0.337 e. The zero-order valence-corrected chi connectivity index (χ0v) is 13.0. The first kappa shape index (κ1) is 15.7. The summed E-state index contributed by atoms with van der Waals surface area (Å²) >= 11 is 0. The van der Waals surface area contributed by atoms with Crippen molar-refractivity contribution in [1.29, 1.82) is 0 Å². The summed E-state index contributed by atoms with van der Waals surface area (Å²) < 4.78 is 0. The second kappa shape index (κ2) is 6.87. The molecule has 1 fully saturated rings. The average Bonchev–Trinajstić information content (AvgIpc) is 2.45. The average molecular weight is 292 g/mol. The maximum atomic E-state index is 10.9. The Balaban J connectivity index is 1.94. The normalized spacial score (nSPS) is 16.5. The third-order valence-corrected chi connectivity index (χ3v) is 3.83. The molecule has 0 amide bonds. The number of pyridine rings is 1. The zero-order valence-electron chi connectivity index (χ0n) is 13.0. The molecule has 1 aromatic rings. The number of hydrogen-bond donors (Lipinski definition) is 1. The fraction of sp³-hybridized carbons (Fsp3) is 0.600. The van der Waals surface area contributed by atoms with Gasteiger partial charge in [0.05, 0.1) is 5.56 Å². The molecule has 2 rings (SSSR count). The van der Waals surface area contributed by atoms with Crippen molar-refractivity contribution >= 4 is 11.8 Å². The smallest absolute Gasteiger partial charge is 0.337 e. The summed E-state index contributed by atoms with van der Waals surface area (Å²) in [6.07, 6.45) is 1.45. The van der Waals surface area contributed by atoms with Crippen molar-refractivity contribution in [1.82, 2.24) is 14.8 Å². The van der Waals surface area contributed by atoms with Crippen LogP contribution in [-0.2, 0) is 0 Å². The molecule has 0 radical (unpaired) electrons. The monoisotopic (exact) mass is 292 g/mol. The van der Waals surface area contributed by atoms with Crippen molar-refractivity contribution in [3.63, 3.8) is 0 Å². The Hall–Kier alpha value is -1.66. The van der Waals surface area contributed by atoms with E-state index in [2.05, 4.69) is 33.8 Å². The first-order valence-electron chi connectivity index (χ1n) is 7.29. The van der Waals surface area contributed by atoms with Crippen molar-refractivity contribution in [2.45, 2.75) is 6.92 Å². The van der Waals surface area contributed by atoms with E-state index in [1.165, 1.54) is 6.20 Å². The molecule has 0 aromatic carbocycles. The van der Waals surface area contributed by atoms with Gasteiger partial charge in [-0.2, -0.15) is 0 Å². The van der Waals surface area contributed by atoms with Gasteiger partial charge >= 0.3 is 5.97 Å². The number of aromatic carboxylic acids is 1. The van der Waals surface area contributed by atoms with Gasteiger partial charge in [-0.3, -0.25) is 4.90 Å². The molecule has 0 bridgehead atoms. The molecule has 1 aliphatic heterocycles. The van der Waals surface area contributed by atoms with Crippen molar-refractivity contribution < 1.29 is 9.90 Å². The van der Waals surface area contributed by atoms with Crippen LogP contribution < -0.4 is 4.90 Å². The second-order valence-corrected chi connectivity index (χ2v) is 5.80. The van der Waals surface area contributed by atoms with E-state index in [4.69, 9.17) is 5.11 Å². The van der Waals surface area contributed by atoms with Crippen LogP contribution in [0.2, 0.25) is 0 Å². The van der Waals surface area contributed by atoms with Crippen LogP contribution in [0.4, 0.5) is 5.82 Å². The molecule has 0 unspecified atom stereocenters. The predicted octanol–water partition coefficient (Wildman–Crippen LogP) is 0.772. The van der Waals surface area contributed by atoms with Crippen LogP contribution in [0.3, 0.4) is 0 Å². The molecular formula is C15H24N4O2. The highest BCUT2D eigenvalue weighted by molar-refractivity contribution is 5.87. The molecule has 0 spiro atoms. The second-order valence-electron chi connectivity index (χ2n) is 5.80. The van der Waals surface area contributed by atoms with Crippen molar-refractivity contribution in [3.05, 3.63) is 23.4 Å². The van der Waals surface area contributed by atoms with Crippen molar-refractivity contribution in [3.8, 4) is 0 Å². The summed E-state index contributed by atoms with van der Waals surface area (Å²) in [4.78, 5) is 22.2. The van der Waals surface area contributed by atoms with Gasteiger partial charge in [-0.25, -0.2) is 9.78 Å². The van der Waals surface area contributed by atoms with Crippen LogP contribution in [-0.4, -0.2) is 79.2 Å². The fourth-order valence-electron chi connectivity index (χ4n) is 2.54. The Bertz CT molecular complexity index is 496. The minimum absolute atomic E-state index is 0.251. The highest BCUT2D eigenvalue weighted by Gasteiger charge is 2.19. The zero-order chi connectivity index (χ0) is 15.4. The third kappa shape index (κ3) is 4.15. The third-order valence-electron chi connectivity index (χ3n) is 3.83. The SMILES string of the molecule is Cc1cc(C(=O)O)cnc1N1CCN(CCN(C)C)CC1. The molecule has 0 saturated carbocycles. The topological polar surface area (TPSA) is 59.9 Å². The van der Waals surface area contributed by atoms with Gasteiger partial charge in [0, 0.05) is 45.5 Å². The molecule has 0 atom stereocenters. The molecular weight excluding hydrogens is 268 g/mol. The lowest BCUT2D eigenvalue weighted by Crippen LogP contribution is -2.48. The van der Waals surface area contributed by atoms with Crippen LogP contribution in [0.1, 0.15) is 15.9 Å². The number of carboxylic acid groups (broad SMARTS) is 1. The number of piperazine rings is 1. The molecule has 6 heteroatoms. The number of likely N-dealkylation sites (N-methyl/N-ethyl adjacent to an activating group) is 1. The van der Waals surface area contributed by atoms with Gasteiger partial charge in [-0.15, -0.1) is 0 Å². The number of carbonyl (C=O) groups is 1. The van der Waals surface area contributed by atoms with Crippen LogP contribution in [0.25, 0.3) is 0 Å². The molecule has 116 valence electrons. The van der Waals surface area contributed by atoms with Crippen molar-refractivity contribution in [2.24, 2.45) is 0 Å². The largest absolute Gasteiger partial charge is 0.478 e. The summed E-state index contributed by atoms with van der Waals surface area (Å²) in [5.41, 5.74) is 1.18. The minimum atomic E-state index is -0.925. The number of nitrogens with zero attached hydrogens (tertiary/aromatic N) is 4. The van der Waals surface area contributed by atoms with E-state index < -0.39 is 5.97 Å². The van der Waals surface area contributed by atoms with Gasteiger partial charge in [0.15, 0.2) is 0 Å². The van der Waals surface area contributed by atoms with Crippen LogP contribution in [0.15, 0.2) is 12.3 Å². The Morgan fingerprint density at radius 1 is 1.33 bits per heavy atom. The molecule has 1 aliphatic rings. The van der Waals surface area contributed by atoms with Gasteiger partial charge in [0.2, 0.25) is 0 Å². The summed E-state index contributed by atoms with van der Waals surface area (Å²) in [5, 5.41) is 8.98. The summed E-state index contributed by atoms with van der Waals surface area (Å²) in [7, 11) is 4.18. The maximum absolute atomic E-state index is 10.9. The van der Waals surface area contributed by atoms with E-state index in [1.54, 1.807) is 6.07 Å². The molecule has 0 aliphatic carbocycles. The van der Waals surface area contributed by atoms with E-state index >= 15 is 0 Å². The fourth-order valence-corrected chi connectivity index (χ4v) is 2.54. The Morgan fingerprint density at radius 2 is 2.00 bits per heavy atom. The lowest BCUT2D eigenvalue weighted by molar-refractivity contribution is 0.0696. The van der Waals surface area contributed by atoms with E-state index in [1.807, 2.05) is 6.92 Å². The molecule has 1 aromatic heterocycles. The molecule has 6 nitrogen and oxygen atoms in total. The standard InChI is InChI=1S/C15H24N4O2/c1-12-10-13(15(20)21)11-16-14(12)19-8-6-18(7-9-19)5-4-17(2)3/h10-11H,4-9H2,1-3H3,(H,20,21).